The van der Waals surface area contributed by atoms with Crippen molar-refractivity contribution >= 4 is 23.9 Å². The number of nitrogens with zero attached hydrogens (tertiary/aromatic N) is 2. The van der Waals surface area contributed by atoms with Crippen molar-refractivity contribution < 1.29 is 38.5 Å². The minimum Gasteiger partial charge on any atom is -0.493 e. The van der Waals surface area contributed by atoms with Crippen LogP contribution in [0.4, 0.5) is 4.79 Å². The summed E-state index contributed by atoms with van der Waals surface area (Å²) in [5.74, 6) is -0.394. The standard InChI is InChI=1S/C34H49N5O8/c1-19(40)37-24(8-6-7-14-35)31(41)36-18-22-16-21(32(42)43)13-15-39(22)33(44)46-27-12-10-23-25(38(3)4)17-20-9-11-26(45-5)29-28(20)34(23,2)30(27)47-29/h9,11-12,21-25,30H,6-8,10,13-18,35H2,1-5H3,(H,36,41)(H,37,40)(H,42,43)/t21?,22?,23?,24-,25?,30?,34?/m0/s1. The van der Waals surface area contributed by atoms with Gasteiger partial charge in [0.15, 0.2) is 17.6 Å². The average Bonchev–Trinajstić information content (AvgIpc) is 3.36. The van der Waals surface area contributed by atoms with Crippen LogP contribution in [0.25, 0.3) is 0 Å². The zero-order valence-corrected chi connectivity index (χ0v) is 28.0. The molecule has 13 heteroatoms. The van der Waals surface area contributed by atoms with E-state index in [0.717, 1.165) is 12.0 Å². The van der Waals surface area contributed by atoms with Crippen LogP contribution in [0.1, 0.15) is 63.5 Å². The fourth-order valence-corrected chi connectivity index (χ4v) is 8.12. The third-order valence-electron chi connectivity index (χ3n) is 10.6. The van der Waals surface area contributed by atoms with E-state index in [2.05, 4.69) is 42.6 Å². The third-order valence-corrected chi connectivity index (χ3v) is 10.6. The molecule has 258 valence electrons. The number of carboxylic acid groups (broad SMARTS) is 1. The van der Waals surface area contributed by atoms with Crippen molar-refractivity contribution in [3.63, 3.8) is 0 Å². The molecule has 1 aromatic carbocycles. The number of piperidine rings is 1. The Morgan fingerprint density at radius 3 is 2.66 bits per heavy atom. The predicted octanol–water partition coefficient (Wildman–Crippen LogP) is 2.16. The molecule has 5 rings (SSSR count). The number of nitrogens with two attached hydrogens (primary N) is 1. The summed E-state index contributed by atoms with van der Waals surface area (Å²) in [6.45, 7) is 4.17. The second-order valence-electron chi connectivity index (χ2n) is 13.7. The summed E-state index contributed by atoms with van der Waals surface area (Å²) in [6, 6.07) is 2.90. The molecule has 47 heavy (non-hydrogen) atoms. The van der Waals surface area contributed by atoms with Crippen molar-refractivity contribution in [1.82, 2.24) is 20.4 Å². The molecular weight excluding hydrogens is 606 g/mol. The van der Waals surface area contributed by atoms with E-state index in [1.807, 2.05) is 12.1 Å². The first-order valence-electron chi connectivity index (χ1n) is 16.6. The van der Waals surface area contributed by atoms with Gasteiger partial charge in [-0.05, 0) is 89.2 Å². The Morgan fingerprint density at radius 2 is 2.00 bits per heavy atom. The lowest BCUT2D eigenvalue weighted by atomic mass is 9.57. The van der Waals surface area contributed by atoms with Crippen LogP contribution in [0.15, 0.2) is 24.0 Å². The number of allylic oxidation sites excluding steroid dienone is 1. The van der Waals surface area contributed by atoms with Gasteiger partial charge in [-0.2, -0.15) is 0 Å². The first kappa shape index (κ1) is 34.5. The highest BCUT2D eigenvalue weighted by molar-refractivity contribution is 5.86. The van der Waals surface area contributed by atoms with Gasteiger partial charge in [0.05, 0.1) is 19.1 Å². The molecule has 0 radical (unpaired) electrons. The van der Waals surface area contributed by atoms with Gasteiger partial charge in [0.25, 0.3) is 0 Å². The molecule has 5 N–H and O–H groups in total. The van der Waals surface area contributed by atoms with Crippen LogP contribution in [-0.2, 0) is 31.0 Å². The minimum atomic E-state index is -0.948. The highest BCUT2D eigenvalue weighted by atomic mass is 16.6. The fraction of sp³-hybridized carbons (Fsp3) is 0.647. The Balaban J connectivity index is 1.35. The van der Waals surface area contributed by atoms with Crippen LogP contribution in [0, 0.1) is 11.8 Å². The van der Waals surface area contributed by atoms with Gasteiger partial charge in [0, 0.05) is 37.0 Å². The highest BCUT2D eigenvalue weighted by Gasteiger charge is 2.61. The fourth-order valence-electron chi connectivity index (χ4n) is 8.12. The maximum atomic E-state index is 13.9. The molecule has 1 fully saturated rings. The average molecular weight is 656 g/mol. The number of unbranched alkanes of at least 4 members (excludes halogenated alkanes) is 1. The Kier molecular flexibility index (Phi) is 10.4. The number of nitrogens with one attached hydrogen (secondary N) is 2. The smallest absolute Gasteiger partial charge is 0.415 e. The minimum absolute atomic E-state index is 0.0139. The monoisotopic (exact) mass is 655 g/mol. The molecule has 13 nitrogen and oxygen atoms in total. The van der Waals surface area contributed by atoms with Crippen molar-refractivity contribution in [1.29, 1.82) is 0 Å². The summed E-state index contributed by atoms with van der Waals surface area (Å²) in [5, 5.41) is 15.3. The molecule has 6 unspecified atom stereocenters. The van der Waals surface area contributed by atoms with Crippen LogP contribution in [0.5, 0.6) is 11.5 Å². The molecular formula is C34H49N5O8. The van der Waals surface area contributed by atoms with E-state index in [9.17, 15) is 24.3 Å². The van der Waals surface area contributed by atoms with Gasteiger partial charge < -0.3 is 45.5 Å². The Morgan fingerprint density at radius 1 is 1.23 bits per heavy atom. The molecule has 2 heterocycles. The third kappa shape index (κ3) is 6.64. The quantitative estimate of drug-likeness (QED) is 0.245. The van der Waals surface area contributed by atoms with E-state index in [1.165, 1.54) is 17.4 Å². The lowest BCUT2D eigenvalue weighted by molar-refractivity contribution is -0.144. The number of benzene rings is 1. The van der Waals surface area contributed by atoms with Gasteiger partial charge >= 0.3 is 12.1 Å². The largest absolute Gasteiger partial charge is 0.493 e. The summed E-state index contributed by atoms with van der Waals surface area (Å²) < 4.78 is 18.5. The molecule has 0 bridgehead atoms. The van der Waals surface area contributed by atoms with Crippen molar-refractivity contribution in [2.45, 2.75) is 88.4 Å². The van der Waals surface area contributed by atoms with E-state index in [0.29, 0.717) is 49.5 Å². The van der Waals surface area contributed by atoms with Gasteiger partial charge in [-0.3, -0.25) is 14.4 Å². The summed E-state index contributed by atoms with van der Waals surface area (Å²) in [4.78, 5) is 54.5. The molecule has 7 atom stereocenters. The number of amides is 3. The van der Waals surface area contributed by atoms with Gasteiger partial charge in [-0.15, -0.1) is 0 Å². The number of likely N-dealkylation sites (N-methyl/N-ethyl adjacent to an activating group) is 1. The van der Waals surface area contributed by atoms with Gasteiger partial charge in [-0.25, -0.2) is 4.79 Å². The van der Waals surface area contributed by atoms with E-state index >= 15 is 0 Å². The number of carboxylic acids is 1. The maximum absolute atomic E-state index is 13.9. The molecule has 0 aromatic heterocycles. The SMILES string of the molecule is COc1ccc2c3c1OC1C(OC(=O)N4CCC(C(=O)O)CC4CNC(=O)[C@H](CCCCN)NC(C)=O)=CCC(C(N(C)C)C2)C31C. The van der Waals surface area contributed by atoms with Crippen molar-refractivity contribution in [3.05, 3.63) is 35.1 Å². The van der Waals surface area contributed by atoms with Crippen LogP contribution < -0.4 is 25.8 Å². The second kappa shape index (κ2) is 14.1. The van der Waals surface area contributed by atoms with Crippen molar-refractivity contribution in [3.8, 4) is 11.5 Å². The number of rotatable bonds is 12. The van der Waals surface area contributed by atoms with E-state index in [4.69, 9.17) is 19.9 Å². The summed E-state index contributed by atoms with van der Waals surface area (Å²) in [7, 11) is 5.79. The van der Waals surface area contributed by atoms with Gasteiger partial charge in [0.1, 0.15) is 11.8 Å². The zero-order chi connectivity index (χ0) is 34.0. The lowest BCUT2D eigenvalue weighted by Crippen LogP contribution is -2.57. The molecule has 3 amide bonds. The van der Waals surface area contributed by atoms with Crippen LogP contribution in [0.2, 0.25) is 0 Å². The summed E-state index contributed by atoms with van der Waals surface area (Å²) in [6.07, 6.45) is 4.53. The second-order valence-corrected chi connectivity index (χ2v) is 13.7. The van der Waals surface area contributed by atoms with Crippen molar-refractivity contribution in [2.24, 2.45) is 17.6 Å². The van der Waals surface area contributed by atoms with Crippen LogP contribution in [0.3, 0.4) is 0 Å². The topological polar surface area (TPSA) is 173 Å². The molecule has 2 aliphatic heterocycles. The highest BCUT2D eigenvalue weighted by Crippen LogP contribution is 2.60. The molecule has 0 saturated carbocycles. The first-order chi connectivity index (χ1) is 22.4. The van der Waals surface area contributed by atoms with Crippen molar-refractivity contribution in [2.75, 3.05) is 40.8 Å². The first-order valence-corrected chi connectivity index (χ1v) is 16.6. The van der Waals surface area contributed by atoms with Crippen LogP contribution >= 0.6 is 0 Å². The summed E-state index contributed by atoms with van der Waals surface area (Å²) >= 11 is 0. The normalized spacial score (nSPS) is 28.0. The maximum Gasteiger partial charge on any atom is 0.415 e. The van der Waals surface area contributed by atoms with E-state index < -0.39 is 47.5 Å². The number of ether oxygens (including phenoxy) is 3. The van der Waals surface area contributed by atoms with Gasteiger partial charge in [0.2, 0.25) is 11.8 Å². The number of carbonyl (C=O) groups excluding carboxylic acids is 3. The summed E-state index contributed by atoms with van der Waals surface area (Å²) in [5.41, 5.74) is 7.43. The molecule has 1 saturated heterocycles. The molecule has 2 aliphatic carbocycles. The van der Waals surface area contributed by atoms with Gasteiger partial charge in [-0.1, -0.05) is 13.0 Å². The Labute approximate surface area is 276 Å². The molecule has 0 spiro atoms. The number of aliphatic carboxylic acids is 1. The van der Waals surface area contributed by atoms with E-state index in [-0.39, 0.29) is 43.8 Å². The van der Waals surface area contributed by atoms with Crippen LogP contribution in [-0.4, -0.2) is 104 Å². The Bertz CT molecular complexity index is 1410. The molecule has 4 aliphatic rings. The Hall–Kier alpha value is -3.84. The number of carbonyl (C=O) groups is 4. The molecule has 1 aromatic rings. The number of likely N-dealkylation sites (tertiary alicyclic amines) is 1. The lowest BCUT2D eigenvalue weighted by Gasteiger charge is -2.50. The van der Waals surface area contributed by atoms with E-state index in [1.54, 1.807) is 7.11 Å². The number of hydrogen-bond donors (Lipinski definition) is 4. The number of hydrogen-bond acceptors (Lipinski definition) is 9. The predicted molar refractivity (Wildman–Crippen MR) is 173 cm³/mol. The zero-order valence-electron chi connectivity index (χ0n) is 28.0. The number of methoxy groups -OCH3 is 1.